The average Bonchev–Trinajstić information content (AvgIpc) is 2.83. The lowest BCUT2D eigenvalue weighted by molar-refractivity contribution is -0.115. The third kappa shape index (κ3) is 4.10. The van der Waals surface area contributed by atoms with Gasteiger partial charge in [-0.1, -0.05) is 62.4 Å². The van der Waals surface area contributed by atoms with E-state index < -0.39 is 0 Å². The topological polar surface area (TPSA) is 43.8 Å². The highest BCUT2D eigenvalue weighted by molar-refractivity contribution is 5.62. The Bertz CT molecular complexity index is 1080. The normalized spacial score (nSPS) is 26.5. The van der Waals surface area contributed by atoms with Gasteiger partial charge in [0.25, 0.3) is 0 Å². The second-order valence-corrected chi connectivity index (χ2v) is 10.3. The summed E-state index contributed by atoms with van der Waals surface area (Å²) in [5, 5.41) is 9.98. The molecule has 0 spiro atoms. The molecule has 1 aliphatic heterocycles. The van der Waals surface area contributed by atoms with E-state index >= 15 is 0 Å². The smallest absolute Gasteiger partial charge is 0.128 e. The van der Waals surface area contributed by atoms with E-state index in [-0.39, 0.29) is 35.2 Å². The summed E-state index contributed by atoms with van der Waals surface area (Å²) < 4.78 is 0. The number of benzene rings is 3. The van der Waals surface area contributed by atoms with Crippen molar-refractivity contribution in [2.24, 2.45) is 17.3 Å². The number of fused-ring (bicyclic) bond motifs is 1. The van der Waals surface area contributed by atoms with Gasteiger partial charge in [0.2, 0.25) is 0 Å². The van der Waals surface area contributed by atoms with Crippen molar-refractivity contribution >= 4 is 17.7 Å². The number of carbonyl (C=O) groups excluding carboxylic acids is 1. The van der Waals surface area contributed by atoms with Crippen molar-refractivity contribution in [2.45, 2.75) is 38.9 Å². The van der Waals surface area contributed by atoms with E-state index in [1.807, 2.05) is 18.2 Å². The van der Waals surface area contributed by atoms with Gasteiger partial charge in [0, 0.05) is 35.8 Å². The molecule has 33 heavy (non-hydrogen) atoms. The van der Waals surface area contributed by atoms with E-state index in [2.05, 4.69) is 78.2 Å². The Morgan fingerprint density at radius 1 is 0.848 bits per heavy atom. The minimum atomic E-state index is -0.0437. The quantitative estimate of drug-likeness (QED) is 0.503. The van der Waals surface area contributed by atoms with Gasteiger partial charge < -0.3 is 19.7 Å². The predicted molar refractivity (Wildman–Crippen MR) is 133 cm³/mol. The number of hydrogen-bond donors (Lipinski definition) is 1. The Morgan fingerprint density at radius 2 is 1.45 bits per heavy atom. The Kier molecular flexibility index (Phi) is 5.61. The molecule has 0 radical (unpaired) electrons. The van der Waals surface area contributed by atoms with Crippen LogP contribution in [0.2, 0.25) is 0 Å². The van der Waals surface area contributed by atoms with Crippen LogP contribution in [0.25, 0.3) is 0 Å². The molecular weight excluding hydrogens is 408 g/mol. The number of nitrogens with zero attached hydrogens (tertiary/aromatic N) is 2. The van der Waals surface area contributed by atoms with Crippen LogP contribution in [0, 0.1) is 17.3 Å². The van der Waals surface area contributed by atoms with Crippen LogP contribution in [0.5, 0.6) is 5.75 Å². The maximum absolute atomic E-state index is 12.3. The number of aromatic hydroxyl groups is 1. The minimum Gasteiger partial charge on any atom is -0.508 e. The third-order valence-electron chi connectivity index (χ3n) is 7.43. The zero-order valence-corrected chi connectivity index (χ0v) is 19.3. The molecule has 5 rings (SSSR count). The van der Waals surface area contributed by atoms with E-state index in [1.165, 1.54) is 6.29 Å². The molecule has 3 aromatic rings. The number of rotatable bonds is 4. The first-order valence-corrected chi connectivity index (χ1v) is 11.9. The van der Waals surface area contributed by atoms with Gasteiger partial charge in [-0.3, -0.25) is 0 Å². The molecule has 1 aliphatic carbocycles. The van der Waals surface area contributed by atoms with Gasteiger partial charge in [-0.25, -0.2) is 0 Å². The number of aldehydes is 1. The van der Waals surface area contributed by atoms with Crippen molar-refractivity contribution in [3.05, 3.63) is 90.5 Å². The highest BCUT2D eigenvalue weighted by atomic mass is 16.3. The molecule has 2 aliphatic rings. The van der Waals surface area contributed by atoms with Crippen molar-refractivity contribution in [3.63, 3.8) is 0 Å². The molecule has 2 fully saturated rings. The average molecular weight is 441 g/mol. The molecule has 1 saturated heterocycles. The van der Waals surface area contributed by atoms with Crippen LogP contribution >= 0.6 is 0 Å². The lowest BCUT2D eigenvalue weighted by atomic mass is 9.63. The van der Waals surface area contributed by atoms with Crippen molar-refractivity contribution in [2.75, 3.05) is 16.3 Å². The van der Waals surface area contributed by atoms with Crippen LogP contribution in [0.3, 0.4) is 0 Å². The van der Waals surface area contributed by atoms with E-state index in [0.717, 1.165) is 36.3 Å². The molecule has 170 valence electrons. The number of anilines is 2. The van der Waals surface area contributed by atoms with Crippen LogP contribution in [0.1, 0.15) is 38.4 Å². The first-order chi connectivity index (χ1) is 16.0. The minimum absolute atomic E-state index is 0.0249. The zero-order valence-electron chi connectivity index (χ0n) is 19.3. The fourth-order valence-corrected chi connectivity index (χ4v) is 6.03. The summed E-state index contributed by atoms with van der Waals surface area (Å²) in [4.78, 5) is 17.3. The maximum Gasteiger partial charge on any atom is 0.128 e. The van der Waals surface area contributed by atoms with E-state index in [0.29, 0.717) is 0 Å². The molecule has 4 atom stereocenters. The Morgan fingerprint density at radius 3 is 2.06 bits per heavy atom. The predicted octanol–water partition coefficient (Wildman–Crippen LogP) is 6.04. The molecule has 0 bridgehead atoms. The summed E-state index contributed by atoms with van der Waals surface area (Å²) in [6.45, 7) is 5.41. The number of carbonyl (C=O) groups is 1. The molecule has 1 heterocycles. The second kappa shape index (κ2) is 8.58. The number of para-hydroxylation sites is 2. The summed E-state index contributed by atoms with van der Waals surface area (Å²) in [6.07, 6.45) is 3.12. The molecule has 0 aromatic heterocycles. The molecule has 3 aromatic carbocycles. The first kappa shape index (κ1) is 21.6. The van der Waals surface area contributed by atoms with Crippen molar-refractivity contribution in [1.82, 2.24) is 0 Å². The lowest BCUT2D eigenvalue weighted by Crippen LogP contribution is -2.62. The molecule has 4 unspecified atom stereocenters. The highest BCUT2D eigenvalue weighted by Crippen LogP contribution is 2.51. The van der Waals surface area contributed by atoms with E-state index in [9.17, 15) is 9.90 Å². The van der Waals surface area contributed by atoms with Crippen LogP contribution in [-0.4, -0.2) is 24.0 Å². The fraction of sp³-hybridized carbons (Fsp3) is 0.345. The second-order valence-electron chi connectivity index (χ2n) is 10.3. The van der Waals surface area contributed by atoms with Gasteiger partial charge in [0.05, 0.1) is 0 Å². The SMILES string of the molecule is CC1(C)CC(C=O)C2CN(c3ccccc3)C(c3ccc(O)cc3)N(c3ccccc3)C2C1. The molecule has 4 heteroatoms. The van der Waals surface area contributed by atoms with Gasteiger partial charge in [0.15, 0.2) is 0 Å². The van der Waals surface area contributed by atoms with Crippen molar-refractivity contribution < 1.29 is 9.90 Å². The van der Waals surface area contributed by atoms with Crippen LogP contribution in [0.4, 0.5) is 11.4 Å². The molecule has 4 nitrogen and oxygen atoms in total. The van der Waals surface area contributed by atoms with Gasteiger partial charge >= 0.3 is 0 Å². The largest absolute Gasteiger partial charge is 0.508 e. The Hall–Kier alpha value is -3.27. The summed E-state index contributed by atoms with van der Waals surface area (Å²) >= 11 is 0. The molecule has 1 N–H and O–H groups in total. The van der Waals surface area contributed by atoms with Crippen molar-refractivity contribution in [1.29, 1.82) is 0 Å². The molecule has 1 saturated carbocycles. The summed E-state index contributed by atoms with van der Waals surface area (Å²) in [5.41, 5.74) is 3.52. The zero-order chi connectivity index (χ0) is 23.0. The standard InChI is InChI=1S/C29H32N2O2/c1-29(2)17-22(20-32)26-19-30(23-9-5-3-6-10-23)28(21-13-15-25(33)16-14-21)31(27(26)18-29)24-11-7-4-8-12-24/h3-16,20,22,26-28,33H,17-19H2,1-2H3. The monoisotopic (exact) mass is 440 g/mol. The fourth-order valence-electron chi connectivity index (χ4n) is 6.03. The van der Waals surface area contributed by atoms with Crippen LogP contribution < -0.4 is 9.80 Å². The van der Waals surface area contributed by atoms with E-state index in [4.69, 9.17) is 0 Å². The summed E-state index contributed by atoms with van der Waals surface area (Å²) in [5.74, 6) is 0.533. The first-order valence-electron chi connectivity index (χ1n) is 11.9. The van der Waals surface area contributed by atoms with Crippen LogP contribution in [0.15, 0.2) is 84.9 Å². The number of phenols is 1. The van der Waals surface area contributed by atoms with E-state index in [1.54, 1.807) is 12.1 Å². The van der Waals surface area contributed by atoms with Gasteiger partial charge in [-0.2, -0.15) is 0 Å². The summed E-state index contributed by atoms with van der Waals surface area (Å²) in [7, 11) is 0. The van der Waals surface area contributed by atoms with Gasteiger partial charge in [0.1, 0.15) is 18.2 Å². The van der Waals surface area contributed by atoms with Crippen molar-refractivity contribution in [3.8, 4) is 5.75 Å². The molecule has 0 amide bonds. The lowest BCUT2D eigenvalue weighted by Gasteiger charge is -2.59. The maximum atomic E-state index is 12.3. The Labute approximate surface area is 196 Å². The molecular formula is C29H32N2O2. The van der Waals surface area contributed by atoms with Crippen LogP contribution in [-0.2, 0) is 4.79 Å². The number of hydrogen-bond acceptors (Lipinski definition) is 4. The van der Waals surface area contributed by atoms with Gasteiger partial charge in [-0.05, 0) is 60.2 Å². The summed E-state index contributed by atoms with van der Waals surface area (Å²) in [6, 6.07) is 28.9. The van der Waals surface area contributed by atoms with Gasteiger partial charge in [-0.15, -0.1) is 0 Å². The number of phenolic OH excluding ortho intramolecular Hbond substituents is 1. The Balaban J connectivity index is 1.71. The highest BCUT2D eigenvalue weighted by Gasteiger charge is 2.50. The third-order valence-corrected chi connectivity index (χ3v) is 7.43.